The van der Waals surface area contributed by atoms with Crippen LogP contribution in [0.3, 0.4) is 0 Å². The third-order valence-corrected chi connectivity index (χ3v) is 4.04. The lowest BCUT2D eigenvalue weighted by atomic mass is 9.90. The molecule has 5 heteroatoms. The molecule has 0 aliphatic carbocycles. The van der Waals surface area contributed by atoms with Gasteiger partial charge in [0.2, 0.25) is 11.8 Å². The van der Waals surface area contributed by atoms with Gasteiger partial charge in [0.1, 0.15) is 17.4 Å². The lowest BCUT2D eigenvalue weighted by molar-refractivity contribution is -0.157. The number of nitrogens with one attached hydrogen (secondary N) is 1. The second-order valence-electron chi connectivity index (χ2n) is 5.34. The minimum absolute atomic E-state index is 0.105. The molecule has 1 heterocycles. The first kappa shape index (κ1) is 14.5. The zero-order valence-electron chi connectivity index (χ0n) is 11.9. The van der Waals surface area contributed by atoms with Crippen molar-refractivity contribution in [2.75, 3.05) is 0 Å². The summed E-state index contributed by atoms with van der Waals surface area (Å²) in [5.74, 6) is -0.738. The van der Waals surface area contributed by atoms with Gasteiger partial charge in [-0.3, -0.25) is 9.59 Å². The van der Waals surface area contributed by atoms with Crippen molar-refractivity contribution >= 4 is 11.8 Å². The minimum atomic E-state index is -0.939. The first-order chi connectivity index (χ1) is 9.40. The first-order valence-electron chi connectivity index (χ1n) is 6.76. The molecule has 0 radical (unpaired) electrons. The van der Waals surface area contributed by atoms with E-state index in [2.05, 4.69) is 5.32 Å². The van der Waals surface area contributed by atoms with Crippen LogP contribution in [0.5, 0.6) is 0 Å². The average molecular weight is 278 g/mol. The van der Waals surface area contributed by atoms with Gasteiger partial charge in [-0.1, -0.05) is 25.1 Å². The maximum absolute atomic E-state index is 13.8. The van der Waals surface area contributed by atoms with Crippen LogP contribution in [-0.4, -0.2) is 28.3 Å². The molecule has 0 bridgehead atoms. The normalized spacial score (nSPS) is 26.6. The number of piperazine rings is 1. The number of hydrogen-bond acceptors (Lipinski definition) is 2. The van der Waals surface area contributed by atoms with Crippen molar-refractivity contribution in [2.24, 2.45) is 0 Å². The maximum atomic E-state index is 13.8. The first-order valence-corrected chi connectivity index (χ1v) is 6.76. The quantitative estimate of drug-likeness (QED) is 0.917. The average Bonchev–Trinajstić information content (AvgIpc) is 2.43. The van der Waals surface area contributed by atoms with Gasteiger partial charge in [-0.15, -0.1) is 0 Å². The Hall–Kier alpha value is -1.91. The second kappa shape index (κ2) is 5.23. The van der Waals surface area contributed by atoms with Crippen LogP contribution in [0.2, 0.25) is 0 Å². The summed E-state index contributed by atoms with van der Waals surface area (Å²) in [5, 5.41) is 2.68. The number of hydrogen-bond donors (Lipinski definition) is 1. The number of halogens is 1. The summed E-state index contributed by atoms with van der Waals surface area (Å²) in [7, 11) is 0. The summed E-state index contributed by atoms with van der Waals surface area (Å²) in [4.78, 5) is 26.0. The van der Waals surface area contributed by atoms with Crippen LogP contribution in [0.15, 0.2) is 24.3 Å². The van der Waals surface area contributed by atoms with Crippen molar-refractivity contribution < 1.29 is 14.0 Å². The molecule has 2 rings (SSSR count). The van der Waals surface area contributed by atoms with Crippen LogP contribution in [0, 0.1) is 5.82 Å². The van der Waals surface area contributed by atoms with Gasteiger partial charge < -0.3 is 10.2 Å². The van der Waals surface area contributed by atoms with Crippen molar-refractivity contribution in [1.82, 2.24) is 10.2 Å². The number of rotatable bonds is 3. The van der Waals surface area contributed by atoms with Gasteiger partial charge in [0.05, 0.1) is 0 Å². The minimum Gasteiger partial charge on any atom is -0.343 e. The maximum Gasteiger partial charge on any atom is 0.246 e. The van der Waals surface area contributed by atoms with E-state index in [1.165, 1.54) is 11.0 Å². The number of carbonyl (C=O) groups is 2. The Morgan fingerprint density at radius 3 is 2.60 bits per heavy atom. The molecule has 0 saturated carbocycles. The molecule has 20 heavy (non-hydrogen) atoms. The van der Waals surface area contributed by atoms with Crippen molar-refractivity contribution in [2.45, 2.75) is 45.3 Å². The Balaban J connectivity index is 2.37. The van der Waals surface area contributed by atoms with Crippen LogP contribution in [0.25, 0.3) is 0 Å². The predicted octanol–water partition coefficient (Wildman–Crippen LogP) is 1.84. The van der Waals surface area contributed by atoms with Crippen LogP contribution in [0.4, 0.5) is 4.39 Å². The highest BCUT2D eigenvalue weighted by Gasteiger charge is 2.46. The molecule has 0 aromatic heterocycles. The summed E-state index contributed by atoms with van der Waals surface area (Å²) >= 11 is 0. The number of nitrogens with zero attached hydrogens (tertiary/aromatic N) is 1. The SMILES string of the molecule is CCC1(C)C(=O)NC(C)C(=O)N1Cc1ccccc1F. The number of benzene rings is 1. The van der Waals surface area contributed by atoms with Gasteiger partial charge in [0, 0.05) is 12.1 Å². The molecule has 1 aliphatic heterocycles. The van der Waals surface area contributed by atoms with E-state index >= 15 is 0 Å². The Kier molecular flexibility index (Phi) is 3.79. The molecule has 108 valence electrons. The van der Waals surface area contributed by atoms with E-state index in [1.54, 1.807) is 32.0 Å². The van der Waals surface area contributed by atoms with Crippen LogP contribution >= 0.6 is 0 Å². The fraction of sp³-hybridized carbons (Fsp3) is 0.467. The number of amides is 2. The lowest BCUT2D eigenvalue weighted by Crippen LogP contribution is -2.68. The highest BCUT2D eigenvalue weighted by atomic mass is 19.1. The van der Waals surface area contributed by atoms with Crippen molar-refractivity contribution in [3.63, 3.8) is 0 Å². The van der Waals surface area contributed by atoms with E-state index in [1.807, 2.05) is 6.92 Å². The Labute approximate surface area is 118 Å². The summed E-state index contributed by atoms with van der Waals surface area (Å²) in [6.07, 6.45) is 0.478. The van der Waals surface area contributed by atoms with Crippen LogP contribution in [0.1, 0.15) is 32.8 Å². The van der Waals surface area contributed by atoms with Crippen LogP contribution < -0.4 is 5.32 Å². The molecule has 1 saturated heterocycles. The summed E-state index contributed by atoms with van der Waals surface area (Å²) in [6, 6.07) is 5.74. The zero-order valence-corrected chi connectivity index (χ0v) is 11.9. The number of carbonyl (C=O) groups excluding carboxylic acids is 2. The van der Waals surface area contributed by atoms with E-state index < -0.39 is 11.6 Å². The molecule has 1 fully saturated rings. The van der Waals surface area contributed by atoms with Gasteiger partial charge >= 0.3 is 0 Å². The predicted molar refractivity (Wildman–Crippen MR) is 73.3 cm³/mol. The lowest BCUT2D eigenvalue weighted by Gasteiger charge is -2.45. The molecular formula is C15H19FN2O2. The Bertz CT molecular complexity index is 546. The van der Waals surface area contributed by atoms with Crippen molar-refractivity contribution in [3.05, 3.63) is 35.6 Å². The highest BCUT2D eigenvalue weighted by molar-refractivity contribution is 5.99. The largest absolute Gasteiger partial charge is 0.343 e. The third kappa shape index (κ3) is 2.28. The zero-order chi connectivity index (χ0) is 14.9. The summed E-state index contributed by atoms with van der Waals surface area (Å²) in [6.45, 7) is 5.31. The van der Waals surface area contributed by atoms with Gasteiger partial charge in [-0.05, 0) is 26.3 Å². The van der Waals surface area contributed by atoms with Gasteiger partial charge in [-0.25, -0.2) is 4.39 Å². The van der Waals surface area contributed by atoms with E-state index in [9.17, 15) is 14.0 Å². The van der Waals surface area contributed by atoms with Crippen LogP contribution in [-0.2, 0) is 16.1 Å². The van der Waals surface area contributed by atoms with Crippen molar-refractivity contribution in [1.29, 1.82) is 0 Å². The van der Waals surface area contributed by atoms with E-state index in [-0.39, 0.29) is 24.2 Å². The fourth-order valence-corrected chi connectivity index (χ4v) is 2.41. The molecule has 1 N–H and O–H groups in total. The summed E-state index contributed by atoms with van der Waals surface area (Å²) in [5.41, 5.74) is -0.520. The molecule has 2 atom stereocenters. The topological polar surface area (TPSA) is 49.4 Å². The highest BCUT2D eigenvalue weighted by Crippen LogP contribution is 2.27. The molecule has 1 aliphatic rings. The Morgan fingerprint density at radius 1 is 1.35 bits per heavy atom. The molecule has 4 nitrogen and oxygen atoms in total. The molecule has 1 aromatic rings. The van der Waals surface area contributed by atoms with Gasteiger partial charge in [-0.2, -0.15) is 0 Å². The second-order valence-corrected chi connectivity index (χ2v) is 5.34. The molecule has 1 aromatic carbocycles. The van der Waals surface area contributed by atoms with E-state index in [0.717, 1.165) is 0 Å². The Morgan fingerprint density at radius 2 is 2.00 bits per heavy atom. The fourth-order valence-electron chi connectivity index (χ4n) is 2.41. The van der Waals surface area contributed by atoms with E-state index in [0.29, 0.717) is 12.0 Å². The molecule has 2 amide bonds. The molecule has 0 spiro atoms. The summed E-state index contributed by atoms with van der Waals surface area (Å²) < 4.78 is 13.8. The molecular weight excluding hydrogens is 259 g/mol. The monoisotopic (exact) mass is 278 g/mol. The smallest absolute Gasteiger partial charge is 0.246 e. The standard InChI is InChI=1S/C15H19FN2O2/c1-4-15(3)14(20)17-10(2)13(19)18(15)9-11-7-5-6-8-12(11)16/h5-8,10H,4,9H2,1-3H3,(H,17,20). The van der Waals surface area contributed by atoms with Crippen molar-refractivity contribution in [3.8, 4) is 0 Å². The van der Waals surface area contributed by atoms with Gasteiger partial charge in [0.25, 0.3) is 0 Å². The van der Waals surface area contributed by atoms with Gasteiger partial charge in [0.15, 0.2) is 0 Å². The van der Waals surface area contributed by atoms with E-state index in [4.69, 9.17) is 0 Å². The third-order valence-electron chi connectivity index (χ3n) is 4.04. The molecule has 2 unspecified atom stereocenters.